The third-order valence-corrected chi connectivity index (χ3v) is 4.96. The highest BCUT2D eigenvalue weighted by Gasteiger charge is 2.18. The number of hydrogen-bond donors (Lipinski definition) is 1. The second-order valence-corrected chi connectivity index (χ2v) is 7.00. The average molecular weight is 370 g/mol. The van der Waals surface area contributed by atoms with Crippen LogP contribution in [0.2, 0.25) is 0 Å². The molecule has 3 heterocycles. The first-order chi connectivity index (χ1) is 12.6. The van der Waals surface area contributed by atoms with E-state index in [-0.39, 0.29) is 5.92 Å². The quantitative estimate of drug-likeness (QED) is 0.579. The number of benzene rings is 1. The van der Waals surface area contributed by atoms with Crippen LogP contribution >= 0.6 is 11.3 Å². The molecule has 4 rings (SSSR count). The van der Waals surface area contributed by atoms with E-state index < -0.39 is 0 Å². The van der Waals surface area contributed by atoms with Crippen LogP contribution in [0.5, 0.6) is 11.5 Å². The Bertz CT molecular complexity index is 1060. The lowest BCUT2D eigenvalue weighted by atomic mass is 10.1. The molecule has 0 radical (unpaired) electrons. The molecule has 134 valence electrons. The topological polar surface area (TPSA) is 90.2 Å². The number of H-pyrrole nitrogens is 1. The predicted octanol–water partition coefficient (Wildman–Crippen LogP) is 3.38. The smallest absolute Gasteiger partial charge is 0.235 e. The van der Waals surface area contributed by atoms with Crippen molar-refractivity contribution in [2.75, 3.05) is 14.2 Å². The number of aromatic nitrogens is 6. The third kappa shape index (κ3) is 2.70. The minimum Gasteiger partial charge on any atom is -0.497 e. The molecule has 1 aromatic carbocycles. The third-order valence-electron chi connectivity index (χ3n) is 4.02. The number of methoxy groups -OCH3 is 2. The molecule has 0 bridgehead atoms. The molecule has 0 saturated carbocycles. The Balaban J connectivity index is 1.72. The second-order valence-electron chi connectivity index (χ2n) is 6.05. The average Bonchev–Trinajstić information content (AvgIpc) is 3.35. The zero-order valence-corrected chi connectivity index (χ0v) is 15.7. The lowest BCUT2D eigenvalue weighted by Gasteiger charge is -2.08. The van der Waals surface area contributed by atoms with Gasteiger partial charge in [0, 0.05) is 17.5 Å². The standard InChI is InChI=1S/C17H18N6O2S/c1-9(2)15-20-21-17-23(15)22-16(26-17)13-8-12(18-19-13)11-6-5-10(24-3)7-14(11)25-4/h5-9H,1-4H3,(H,18,19). The number of fused-ring (bicyclic) bond motifs is 1. The zero-order valence-electron chi connectivity index (χ0n) is 14.8. The van der Waals surface area contributed by atoms with Crippen LogP contribution in [0, 0.1) is 0 Å². The summed E-state index contributed by atoms with van der Waals surface area (Å²) in [6, 6.07) is 7.59. The first-order valence-corrected chi connectivity index (χ1v) is 8.92. The number of nitrogens with zero attached hydrogens (tertiary/aromatic N) is 5. The Morgan fingerprint density at radius 3 is 2.69 bits per heavy atom. The molecule has 0 spiro atoms. The molecule has 9 heteroatoms. The molecule has 0 aliphatic heterocycles. The monoisotopic (exact) mass is 370 g/mol. The Kier molecular flexibility index (Phi) is 4.08. The van der Waals surface area contributed by atoms with Crippen molar-refractivity contribution in [3.05, 3.63) is 30.1 Å². The van der Waals surface area contributed by atoms with E-state index in [1.54, 1.807) is 18.7 Å². The Hall–Kier alpha value is -2.94. The van der Waals surface area contributed by atoms with Crippen molar-refractivity contribution in [1.29, 1.82) is 0 Å². The fraction of sp³-hybridized carbons (Fsp3) is 0.294. The number of aromatic amines is 1. The summed E-state index contributed by atoms with van der Waals surface area (Å²) in [4.78, 5) is 0.766. The van der Waals surface area contributed by atoms with Gasteiger partial charge in [0.2, 0.25) is 4.96 Å². The molecule has 0 aliphatic carbocycles. The summed E-state index contributed by atoms with van der Waals surface area (Å²) in [5.74, 6) is 2.53. The van der Waals surface area contributed by atoms with Crippen molar-refractivity contribution in [1.82, 2.24) is 30.0 Å². The second kappa shape index (κ2) is 6.41. The van der Waals surface area contributed by atoms with Crippen LogP contribution < -0.4 is 9.47 Å². The Labute approximate surface area is 153 Å². The van der Waals surface area contributed by atoms with Crippen LogP contribution in [0.3, 0.4) is 0 Å². The SMILES string of the molecule is COc1ccc(-c2cc(-c3nn4c(C(C)C)nnc4s3)[nH]n2)c(OC)c1. The normalized spacial score (nSPS) is 11.4. The molecule has 26 heavy (non-hydrogen) atoms. The summed E-state index contributed by atoms with van der Waals surface area (Å²) >= 11 is 1.47. The molecule has 8 nitrogen and oxygen atoms in total. The van der Waals surface area contributed by atoms with Crippen LogP contribution in [0.25, 0.3) is 26.9 Å². The predicted molar refractivity (Wildman–Crippen MR) is 98.9 cm³/mol. The summed E-state index contributed by atoms with van der Waals surface area (Å²) in [5.41, 5.74) is 2.47. The van der Waals surface area contributed by atoms with Crippen molar-refractivity contribution in [2.24, 2.45) is 0 Å². The van der Waals surface area contributed by atoms with Crippen molar-refractivity contribution >= 4 is 16.3 Å². The number of hydrogen-bond acceptors (Lipinski definition) is 7. The molecule has 0 saturated heterocycles. The van der Waals surface area contributed by atoms with Crippen LogP contribution in [0.4, 0.5) is 0 Å². The van der Waals surface area contributed by atoms with Gasteiger partial charge in [-0.2, -0.15) is 14.7 Å². The van der Waals surface area contributed by atoms with Crippen molar-refractivity contribution in [2.45, 2.75) is 19.8 Å². The van der Waals surface area contributed by atoms with Gasteiger partial charge in [-0.1, -0.05) is 25.2 Å². The van der Waals surface area contributed by atoms with Crippen LogP contribution in [-0.2, 0) is 0 Å². The molecule has 0 amide bonds. The highest BCUT2D eigenvalue weighted by atomic mass is 32.1. The largest absolute Gasteiger partial charge is 0.497 e. The fourth-order valence-corrected chi connectivity index (χ4v) is 3.49. The van der Waals surface area contributed by atoms with Crippen LogP contribution in [0.1, 0.15) is 25.6 Å². The zero-order chi connectivity index (χ0) is 18.3. The lowest BCUT2D eigenvalue weighted by Crippen LogP contribution is -1.97. The molecule has 3 aromatic heterocycles. The minimum atomic E-state index is 0.251. The van der Waals surface area contributed by atoms with E-state index in [1.165, 1.54) is 11.3 Å². The maximum Gasteiger partial charge on any atom is 0.235 e. The van der Waals surface area contributed by atoms with Gasteiger partial charge in [0.05, 0.1) is 25.6 Å². The van der Waals surface area contributed by atoms with Crippen LogP contribution in [-0.4, -0.2) is 44.2 Å². The molecular weight excluding hydrogens is 352 g/mol. The molecule has 1 N–H and O–H groups in total. The lowest BCUT2D eigenvalue weighted by molar-refractivity contribution is 0.395. The van der Waals surface area contributed by atoms with Gasteiger partial charge in [0.15, 0.2) is 10.8 Å². The first-order valence-electron chi connectivity index (χ1n) is 8.11. The van der Waals surface area contributed by atoms with E-state index in [2.05, 4.69) is 39.3 Å². The highest BCUT2D eigenvalue weighted by molar-refractivity contribution is 7.19. The van der Waals surface area contributed by atoms with E-state index in [0.717, 1.165) is 38.5 Å². The van der Waals surface area contributed by atoms with E-state index in [0.29, 0.717) is 5.75 Å². The summed E-state index contributed by atoms with van der Waals surface area (Å²) < 4.78 is 12.5. The fourth-order valence-electron chi connectivity index (χ4n) is 2.68. The molecule has 0 unspecified atom stereocenters. The molecule has 0 atom stereocenters. The van der Waals surface area contributed by atoms with Gasteiger partial charge >= 0.3 is 0 Å². The van der Waals surface area contributed by atoms with Gasteiger partial charge in [-0.3, -0.25) is 5.10 Å². The van der Waals surface area contributed by atoms with Crippen molar-refractivity contribution in [3.8, 4) is 33.5 Å². The number of ether oxygens (including phenoxy) is 2. The Morgan fingerprint density at radius 1 is 1.12 bits per heavy atom. The van der Waals surface area contributed by atoms with Gasteiger partial charge in [0.1, 0.15) is 11.5 Å². The molecule has 4 aromatic rings. The van der Waals surface area contributed by atoms with Gasteiger partial charge in [-0.25, -0.2) is 0 Å². The van der Waals surface area contributed by atoms with Crippen molar-refractivity contribution in [3.63, 3.8) is 0 Å². The first kappa shape index (κ1) is 16.5. The summed E-state index contributed by atoms with van der Waals surface area (Å²) in [5, 5.41) is 21.3. The van der Waals surface area contributed by atoms with Gasteiger partial charge < -0.3 is 9.47 Å². The van der Waals surface area contributed by atoms with Crippen molar-refractivity contribution < 1.29 is 9.47 Å². The summed E-state index contributed by atoms with van der Waals surface area (Å²) in [6.07, 6.45) is 0. The van der Waals surface area contributed by atoms with Gasteiger partial charge in [0.25, 0.3) is 0 Å². The van der Waals surface area contributed by atoms with E-state index in [4.69, 9.17) is 9.47 Å². The van der Waals surface area contributed by atoms with Gasteiger partial charge in [-0.05, 0) is 18.2 Å². The number of rotatable bonds is 5. The molecular formula is C17H18N6O2S. The van der Waals surface area contributed by atoms with E-state index in [1.807, 2.05) is 24.3 Å². The summed E-state index contributed by atoms with van der Waals surface area (Å²) in [7, 11) is 3.25. The maximum atomic E-state index is 5.47. The Morgan fingerprint density at radius 2 is 1.96 bits per heavy atom. The van der Waals surface area contributed by atoms with Crippen LogP contribution in [0.15, 0.2) is 24.3 Å². The maximum absolute atomic E-state index is 5.47. The molecule has 0 fully saturated rings. The summed E-state index contributed by atoms with van der Waals surface area (Å²) in [6.45, 7) is 4.14. The number of nitrogens with one attached hydrogen (secondary N) is 1. The van der Waals surface area contributed by atoms with Gasteiger partial charge in [-0.15, -0.1) is 10.2 Å². The highest BCUT2D eigenvalue weighted by Crippen LogP contribution is 2.34. The van der Waals surface area contributed by atoms with E-state index in [9.17, 15) is 0 Å². The minimum absolute atomic E-state index is 0.251. The molecule has 0 aliphatic rings. The van der Waals surface area contributed by atoms with E-state index >= 15 is 0 Å².